The number of nitrogens with zero attached hydrogens (tertiary/aromatic N) is 1. The van der Waals surface area contributed by atoms with Gasteiger partial charge >= 0.3 is 0 Å². The fourth-order valence-electron chi connectivity index (χ4n) is 2.23. The quantitative estimate of drug-likeness (QED) is 0.688. The van der Waals surface area contributed by atoms with Gasteiger partial charge in [-0.3, -0.25) is 4.79 Å². The van der Waals surface area contributed by atoms with E-state index in [0.717, 1.165) is 10.6 Å². The number of amides is 1. The molecule has 2 aromatic rings. The Morgan fingerprint density at radius 3 is 2.82 bits per heavy atom. The van der Waals surface area contributed by atoms with Gasteiger partial charge in [0.25, 0.3) is 5.91 Å². The summed E-state index contributed by atoms with van der Waals surface area (Å²) < 4.78 is 0. The van der Waals surface area contributed by atoms with Crippen molar-refractivity contribution in [3.63, 3.8) is 0 Å². The van der Waals surface area contributed by atoms with E-state index in [-0.39, 0.29) is 18.4 Å². The van der Waals surface area contributed by atoms with Crippen molar-refractivity contribution in [3.8, 4) is 0 Å². The molecule has 1 unspecified atom stereocenters. The van der Waals surface area contributed by atoms with Crippen LogP contribution in [0.2, 0.25) is 0 Å². The van der Waals surface area contributed by atoms with E-state index in [1.165, 1.54) is 11.3 Å². The van der Waals surface area contributed by atoms with Gasteiger partial charge in [0.1, 0.15) is 5.69 Å². The molecule has 6 heteroatoms. The first-order valence-electron chi connectivity index (χ1n) is 7.33. The van der Waals surface area contributed by atoms with Gasteiger partial charge in [0.2, 0.25) is 0 Å². The molecule has 5 nitrogen and oxygen atoms in total. The number of nitrogens with one attached hydrogen (secondary N) is 1. The topological polar surface area (TPSA) is 88.2 Å². The summed E-state index contributed by atoms with van der Waals surface area (Å²) in [7, 11) is 0. The van der Waals surface area contributed by atoms with Gasteiger partial charge < -0.3 is 16.2 Å². The number of rotatable bonds is 8. The van der Waals surface area contributed by atoms with Crippen LogP contribution in [0.15, 0.2) is 35.7 Å². The first kappa shape index (κ1) is 16.6. The molecule has 0 radical (unpaired) electrons. The molecule has 1 aromatic heterocycles. The van der Waals surface area contributed by atoms with Crippen LogP contribution in [0.4, 0.5) is 0 Å². The fourth-order valence-corrected chi connectivity index (χ4v) is 3.02. The normalized spacial score (nSPS) is 12.1. The van der Waals surface area contributed by atoms with Crippen LogP contribution in [-0.2, 0) is 6.42 Å². The number of hydrogen-bond donors (Lipinski definition) is 3. The maximum atomic E-state index is 12.1. The van der Waals surface area contributed by atoms with Crippen LogP contribution in [0, 0.1) is 0 Å². The highest BCUT2D eigenvalue weighted by atomic mass is 32.1. The molecule has 1 heterocycles. The lowest BCUT2D eigenvalue weighted by atomic mass is 9.96. The molecular formula is C16H21N3O2S. The first-order valence-corrected chi connectivity index (χ1v) is 8.21. The van der Waals surface area contributed by atoms with Gasteiger partial charge in [0, 0.05) is 30.9 Å². The van der Waals surface area contributed by atoms with E-state index in [0.29, 0.717) is 31.6 Å². The summed E-state index contributed by atoms with van der Waals surface area (Å²) >= 11 is 1.45. The largest absolute Gasteiger partial charge is 0.396 e. The van der Waals surface area contributed by atoms with Gasteiger partial charge in [-0.05, 0) is 18.5 Å². The molecule has 0 bridgehead atoms. The number of thiazole rings is 1. The second-order valence-electron chi connectivity index (χ2n) is 5.00. The molecule has 0 aliphatic carbocycles. The maximum Gasteiger partial charge on any atom is 0.270 e. The molecule has 22 heavy (non-hydrogen) atoms. The van der Waals surface area contributed by atoms with E-state index >= 15 is 0 Å². The Morgan fingerprint density at radius 1 is 1.36 bits per heavy atom. The zero-order chi connectivity index (χ0) is 15.8. The second-order valence-corrected chi connectivity index (χ2v) is 5.94. The fraction of sp³-hybridized carbons (Fsp3) is 0.375. The minimum atomic E-state index is -0.182. The lowest BCUT2D eigenvalue weighted by molar-refractivity contribution is 0.0945. The number of carbonyl (C=O) groups is 1. The molecule has 0 spiro atoms. The van der Waals surface area contributed by atoms with Crippen molar-refractivity contribution >= 4 is 17.2 Å². The van der Waals surface area contributed by atoms with Crippen molar-refractivity contribution in [3.05, 3.63) is 52.0 Å². The summed E-state index contributed by atoms with van der Waals surface area (Å²) in [5, 5.41) is 14.7. The Balaban J connectivity index is 1.95. The zero-order valence-corrected chi connectivity index (χ0v) is 13.2. The summed E-state index contributed by atoms with van der Waals surface area (Å²) in [5.74, 6) is -0.0873. The van der Waals surface area contributed by atoms with Crippen molar-refractivity contribution in [2.45, 2.75) is 18.8 Å². The SMILES string of the molecule is NCCc1nc(C(=O)NCC(CCO)c2ccccc2)cs1. The van der Waals surface area contributed by atoms with Crippen LogP contribution in [0.25, 0.3) is 0 Å². The van der Waals surface area contributed by atoms with Gasteiger partial charge in [-0.1, -0.05) is 30.3 Å². The monoisotopic (exact) mass is 319 g/mol. The summed E-state index contributed by atoms with van der Waals surface area (Å²) in [4.78, 5) is 16.4. The molecule has 0 aliphatic rings. The minimum absolute atomic E-state index is 0.0901. The van der Waals surface area contributed by atoms with Gasteiger partial charge in [-0.25, -0.2) is 4.98 Å². The first-order chi connectivity index (χ1) is 10.7. The number of hydrogen-bond acceptors (Lipinski definition) is 5. The third kappa shape index (κ3) is 4.62. The third-order valence-electron chi connectivity index (χ3n) is 3.40. The van der Waals surface area contributed by atoms with E-state index in [1.54, 1.807) is 5.38 Å². The van der Waals surface area contributed by atoms with E-state index in [2.05, 4.69) is 10.3 Å². The highest BCUT2D eigenvalue weighted by Crippen LogP contribution is 2.18. The molecule has 1 aromatic carbocycles. The molecule has 0 saturated carbocycles. The van der Waals surface area contributed by atoms with Crippen LogP contribution in [0.1, 0.15) is 33.4 Å². The van der Waals surface area contributed by atoms with E-state index in [1.807, 2.05) is 30.3 Å². The number of aromatic nitrogens is 1. The Bertz CT molecular complexity index is 586. The van der Waals surface area contributed by atoms with E-state index < -0.39 is 0 Å². The number of benzene rings is 1. The third-order valence-corrected chi connectivity index (χ3v) is 4.31. The number of aliphatic hydroxyl groups excluding tert-OH is 1. The van der Waals surface area contributed by atoms with Gasteiger partial charge in [0.05, 0.1) is 5.01 Å². The van der Waals surface area contributed by atoms with Crippen molar-refractivity contribution in [2.75, 3.05) is 19.7 Å². The lowest BCUT2D eigenvalue weighted by Gasteiger charge is -2.16. The molecule has 2 rings (SSSR count). The molecule has 0 aliphatic heterocycles. The Labute approximate surface area is 134 Å². The predicted molar refractivity (Wildman–Crippen MR) is 88.1 cm³/mol. The summed E-state index contributed by atoms with van der Waals surface area (Å²) in [6.07, 6.45) is 1.30. The molecule has 4 N–H and O–H groups in total. The van der Waals surface area contributed by atoms with E-state index in [9.17, 15) is 9.90 Å². The highest BCUT2D eigenvalue weighted by molar-refractivity contribution is 7.09. The lowest BCUT2D eigenvalue weighted by Crippen LogP contribution is -2.29. The number of nitrogens with two attached hydrogens (primary N) is 1. The standard InChI is InChI=1S/C16H21N3O2S/c17-8-6-15-19-14(11-22-15)16(21)18-10-13(7-9-20)12-4-2-1-3-5-12/h1-5,11,13,20H,6-10,17H2,(H,18,21). The number of carbonyl (C=O) groups excluding carboxylic acids is 1. The maximum absolute atomic E-state index is 12.1. The van der Waals surface area contributed by atoms with Crippen molar-refractivity contribution in [1.29, 1.82) is 0 Å². The predicted octanol–water partition coefficient (Wildman–Crippen LogP) is 1.54. The zero-order valence-electron chi connectivity index (χ0n) is 12.4. The molecular weight excluding hydrogens is 298 g/mol. The van der Waals surface area contributed by atoms with Crippen molar-refractivity contribution < 1.29 is 9.90 Å². The smallest absolute Gasteiger partial charge is 0.270 e. The molecule has 118 valence electrons. The molecule has 1 amide bonds. The van der Waals surface area contributed by atoms with Crippen molar-refractivity contribution in [2.24, 2.45) is 5.73 Å². The van der Waals surface area contributed by atoms with Gasteiger partial charge in [0.15, 0.2) is 0 Å². The van der Waals surface area contributed by atoms with E-state index in [4.69, 9.17) is 5.73 Å². The average molecular weight is 319 g/mol. The van der Waals surface area contributed by atoms with Crippen LogP contribution < -0.4 is 11.1 Å². The number of aliphatic hydroxyl groups is 1. The van der Waals surface area contributed by atoms with Crippen LogP contribution in [0.5, 0.6) is 0 Å². The second kappa shape index (κ2) is 8.63. The average Bonchev–Trinajstić information content (AvgIpc) is 3.01. The molecule has 0 fully saturated rings. The summed E-state index contributed by atoms with van der Waals surface area (Å²) in [6, 6.07) is 9.89. The molecule has 1 atom stereocenters. The highest BCUT2D eigenvalue weighted by Gasteiger charge is 2.15. The molecule has 0 saturated heterocycles. The van der Waals surface area contributed by atoms with Gasteiger partial charge in [-0.2, -0.15) is 0 Å². The van der Waals surface area contributed by atoms with Crippen molar-refractivity contribution in [1.82, 2.24) is 10.3 Å². The van der Waals surface area contributed by atoms with Crippen LogP contribution >= 0.6 is 11.3 Å². The Kier molecular flexibility index (Phi) is 6.51. The summed E-state index contributed by atoms with van der Waals surface area (Å²) in [5.41, 5.74) is 7.03. The Hall–Kier alpha value is -1.76. The van der Waals surface area contributed by atoms with Gasteiger partial charge in [-0.15, -0.1) is 11.3 Å². The van der Waals surface area contributed by atoms with Crippen LogP contribution in [0.3, 0.4) is 0 Å². The minimum Gasteiger partial charge on any atom is -0.396 e. The summed E-state index contributed by atoms with van der Waals surface area (Å²) in [6.45, 7) is 1.10. The van der Waals surface area contributed by atoms with Crippen LogP contribution in [-0.4, -0.2) is 35.7 Å². The Morgan fingerprint density at radius 2 is 2.14 bits per heavy atom.